The van der Waals surface area contributed by atoms with E-state index >= 15 is 0 Å². The molecule has 4 rings (SSSR count). The lowest BCUT2D eigenvalue weighted by atomic mass is 9.87. The van der Waals surface area contributed by atoms with E-state index in [1.54, 1.807) is 7.11 Å². The van der Waals surface area contributed by atoms with Crippen molar-refractivity contribution in [2.75, 3.05) is 38.3 Å². The van der Waals surface area contributed by atoms with Gasteiger partial charge in [0.1, 0.15) is 11.9 Å². The standard InChI is InChI=1S/C23H32N4O3/c1-15-13-26(8-9-27(15)20(28)7-10-29-4)22-18(12-24)17-11-23(2,3)30-14-19(17)21(25-22)16-5-6-16/h15-16H,5-11,13-14H2,1-4H3/t15-/m1/s1. The molecule has 7 heteroatoms. The van der Waals surface area contributed by atoms with Gasteiger partial charge in [-0.05, 0) is 39.2 Å². The lowest BCUT2D eigenvalue weighted by Gasteiger charge is -2.41. The van der Waals surface area contributed by atoms with E-state index < -0.39 is 0 Å². The Morgan fingerprint density at radius 1 is 1.33 bits per heavy atom. The van der Waals surface area contributed by atoms with Gasteiger partial charge in [0.05, 0.1) is 36.5 Å². The van der Waals surface area contributed by atoms with Crippen molar-refractivity contribution < 1.29 is 14.3 Å². The molecule has 3 aliphatic rings. The molecular weight excluding hydrogens is 380 g/mol. The third-order valence-corrected chi connectivity index (χ3v) is 6.48. The summed E-state index contributed by atoms with van der Waals surface area (Å²) >= 11 is 0. The first kappa shape index (κ1) is 21.1. The number of aromatic nitrogens is 1. The van der Waals surface area contributed by atoms with Crippen LogP contribution < -0.4 is 4.90 Å². The molecule has 0 spiro atoms. The molecule has 162 valence electrons. The van der Waals surface area contributed by atoms with Gasteiger partial charge in [-0.3, -0.25) is 4.79 Å². The monoisotopic (exact) mass is 412 g/mol. The predicted octanol–water partition coefficient (Wildman–Crippen LogP) is 2.76. The molecule has 1 amide bonds. The number of carbonyl (C=O) groups excluding carboxylic acids is 1. The van der Waals surface area contributed by atoms with Crippen LogP contribution in [-0.4, -0.2) is 60.8 Å². The molecule has 1 aromatic rings. The number of amides is 1. The first-order valence-electron chi connectivity index (χ1n) is 11.0. The van der Waals surface area contributed by atoms with Crippen LogP contribution in [0.3, 0.4) is 0 Å². The molecule has 0 radical (unpaired) electrons. The molecule has 0 N–H and O–H groups in total. The summed E-state index contributed by atoms with van der Waals surface area (Å²) in [6.07, 6.45) is 3.45. The van der Waals surface area contributed by atoms with Gasteiger partial charge in [0, 0.05) is 50.7 Å². The van der Waals surface area contributed by atoms with Crippen molar-refractivity contribution in [1.82, 2.24) is 9.88 Å². The predicted molar refractivity (Wildman–Crippen MR) is 113 cm³/mol. The van der Waals surface area contributed by atoms with Gasteiger partial charge < -0.3 is 19.3 Å². The smallest absolute Gasteiger partial charge is 0.225 e. The molecule has 7 nitrogen and oxygen atoms in total. The molecule has 2 aliphatic heterocycles. The number of nitrogens with zero attached hydrogens (tertiary/aromatic N) is 4. The largest absolute Gasteiger partial charge is 0.384 e. The number of anilines is 1. The molecule has 0 bridgehead atoms. The number of carbonyl (C=O) groups is 1. The highest BCUT2D eigenvalue weighted by Gasteiger charge is 2.38. The summed E-state index contributed by atoms with van der Waals surface area (Å²) in [4.78, 5) is 21.7. The molecule has 1 aliphatic carbocycles. The van der Waals surface area contributed by atoms with Crippen LogP contribution >= 0.6 is 0 Å². The van der Waals surface area contributed by atoms with Crippen LogP contribution in [0.15, 0.2) is 0 Å². The number of hydrogen-bond acceptors (Lipinski definition) is 6. The van der Waals surface area contributed by atoms with E-state index in [1.807, 2.05) is 4.90 Å². The maximum Gasteiger partial charge on any atom is 0.225 e. The van der Waals surface area contributed by atoms with Crippen LogP contribution in [0.25, 0.3) is 0 Å². The summed E-state index contributed by atoms with van der Waals surface area (Å²) in [5, 5.41) is 10.1. The fourth-order valence-electron chi connectivity index (χ4n) is 4.67. The number of ether oxygens (including phenoxy) is 2. The Balaban J connectivity index is 1.64. The highest BCUT2D eigenvalue weighted by molar-refractivity contribution is 5.77. The molecule has 2 fully saturated rings. The molecule has 3 heterocycles. The quantitative estimate of drug-likeness (QED) is 0.740. The topological polar surface area (TPSA) is 78.7 Å². The van der Waals surface area contributed by atoms with Crippen molar-refractivity contribution in [3.8, 4) is 6.07 Å². The molecule has 0 aromatic carbocycles. The van der Waals surface area contributed by atoms with Crippen LogP contribution in [0.2, 0.25) is 0 Å². The summed E-state index contributed by atoms with van der Waals surface area (Å²) in [5.41, 5.74) is 3.79. The molecule has 1 saturated carbocycles. The van der Waals surface area contributed by atoms with E-state index in [0.717, 1.165) is 41.9 Å². The number of piperazine rings is 1. The van der Waals surface area contributed by atoms with Gasteiger partial charge in [-0.1, -0.05) is 0 Å². The van der Waals surface area contributed by atoms with Crippen LogP contribution in [-0.2, 0) is 27.3 Å². The van der Waals surface area contributed by atoms with Crippen LogP contribution in [0.4, 0.5) is 5.82 Å². The van der Waals surface area contributed by atoms with Gasteiger partial charge in [-0.2, -0.15) is 5.26 Å². The van der Waals surface area contributed by atoms with Gasteiger partial charge in [0.25, 0.3) is 0 Å². The average molecular weight is 413 g/mol. The van der Waals surface area contributed by atoms with Gasteiger partial charge in [0.15, 0.2) is 0 Å². The van der Waals surface area contributed by atoms with Crippen molar-refractivity contribution in [2.45, 2.75) is 70.6 Å². The molecule has 1 saturated heterocycles. The zero-order valence-electron chi connectivity index (χ0n) is 18.5. The second-order valence-corrected chi connectivity index (χ2v) is 9.39. The van der Waals surface area contributed by atoms with Gasteiger partial charge in [-0.15, -0.1) is 0 Å². The Kier molecular flexibility index (Phi) is 5.73. The van der Waals surface area contributed by atoms with E-state index in [1.165, 1.54) is 0 Å². The Bertz CT molecular complexity index is 872. The number of nitriles is 1. The number of hydrogen-bond donors (Lipinski definition) is 0. The van der Waals surface area contributed by atoms with Crippen LogP contribution in [0, 0.1) is 11.3 Å². The lowest BCUT2D eigenvalue weighted by Crippen LogP contribution is -2.54. The minimum Gasteiger partial charge on any atom is -0.384 e. The zero-order chi connectivity index (χ0) is 21.5. The second kappa shape index (κ2) is 8.16. The minimum absolute atomic E-state index is 0.0663. The zero-order valence-corrected chi connectivity index (χ0v) is 18.5. The van der Waals surface area contributed by atoms with Crippen molar-refractivity contribution in [3.63, 3.8) is 0 Å². The average Bonchev–Trinajstić information content (AvgIpc) is 3.55. The normalized spacial score (nSPS) is 23.1. The highest BCUT2D eigenvalue weighted by Crippen LogP contribution is 2.45. The Morgan fingerprint density at radius 3 is 2.73 bits per heavy atom. The summed E-state index contributed by atoms with van der Waals surface area (Å²) < 4.78 is 11.1. The van der Waals surface area contributed by atoms with E-state index in [2.05, 4.69) is 31.7 Å². The highest BCUT2D eigenvalue weighted by atomic mass is 16.5. The molecule has 1 aromatic heterocycles. The van der Waals surface area contributed by atoms with E-state index in [9.17, 15) is 10.1 Å². The molecule has 30 heavy (non-hydrogen) atoms. The summed E-state index contributed by atoms with van der Waals surface area (Å²) in [7, 11) is 1.61. The maximum absolute atomic E-state index is 12.5. The third-order valence-electron chi connectivity index (χ3n) is 6.48. The van der Waals surface area contributed by atoms with Crippen molar-refractivity contribution in [1.29, 1.82) is 5.26 Å². The SMILES string of the molecule is COCCC(=O)N1CCN(c2nc(C3CC3)c3c(c2C#N)CC(C)(C)OC3)C[C@H]1C. The van der Waals surface area contributed by atoms with Gasteiger partial charge in [-0.25, -0.2) is 4.98 Å². The molecule has 1 atom stereocenters. The Morgan fingerprint density at radius 2 is 2.10 bits per heavy atom. The Labute approximate surface area is 179 Å². The van der Waals surface area contributed by atoms with Crippen molar-refractivity contribution >= 4 is 11.7 Å². The first-order chi connectivity index (χ1) is 14.3. The van der Waals surface area contributed by atoms with Crippen molar-refractivity contribution in [2.24, 2.45) is 0 Å². The van der Waals surface area contributed by atoms with E-state index in [-0.39, 0.29) is 17.6 Å². The number of rotatable bonds is 5. The van der Waals surface area contributed by atoms with Crippen LogP contribution in [0.1, 0.15) is 68.3 Å². The first-order valence-corrected chi connectivity index (χ1v) is 11.0. The Hall–Kier alpha value is -2.17. The van der Waals surface area contributed by atoms with Gasteiger partial charge >= 0.3 is 0 Å². The third kappa shape index (κ3) is 4.03. The second-order valence-electron chi connectivity index (χ2n) is 9.39. The van der Waals surface area contributed by atoms with E-state index in [0.29, 0.717) is 50.8 Å². The maximum atomic E-state index is 12.5. The van der Waals surface area contributed by atoms with Crippen LogP contribution in [0.5, 0.6) is 0 Å². The fraction of sp³-hybridized carbons (Fsp3) is 0.696. The van der Waals surface area contributed by atoms with Crippen molar-refractivity contribution in [3.05, 3.63) is 22.4 Å². The number of fused-ring (bicyclic) bond motifs is 1. The summed E-state index contributed by atoms with van der Waals surface area (Å²) in [6, 6.07) is 2.53. The van der Waals surface area contributed by atoms with Gasteiger partial charge in [0.2, 0.25) is 5.91 Å². The fourth-order valence-corrected chi connectivity index (χ4v) is 4.67. The minimum atomic E-state index is -0.280. The molecular formula is C23H32N4O3. The molecule has 0 unspecified atom stereocenters. The lowest BCUT2D eigenvalue weighted by molar-refractivity contribution is -0.134. The summed E-state index contributed by atoms with van der Waals surface area (Å²) in [5.74, 6) is 1.41. The summed E-state index contributed by atoms with van der Waals surface area (Å²) in [6.45, 7) is 9.23. The number of pyridine rings is 1. The number of methoxy groups -OCH3 is 1. The van der Waals surface area contributed by atoms with E-state index in [4.69, 9.17) is 14.5 Å².